The van der Waals surface area contributed by atoms with E-state index < -0.39 is 0 Å². The first-order chi connectivity index (χ1) is 7.20. The fourth-order valence-corrected chi connectivity index (χ4v) is 2.65. The predicted molar refractivity (Wildman–Crippen MR) is 67.4 cm³/mol. The molecule has 0 saturated heterocycles. The molecule has 2 aromatic rings. The minimum atomic E-state index is 0.561. The van der Waals surface area contributed by atoms with Crippen LogP contribution in [0.2, 0.25) is 4.34 Å². The highest BCUT2D eigenvalue weighted by Gasteiger charge is 2.06. The van der Waals surface area contributed by atoms with Crippen LogP contribution < -0.4 is 5.73 Å². The lowest BCUT2D eigenvalue weighted by Crippen LogP contribution is -1.98. The van der Waals surface area contributed by atoms with Crippen molar-refractivity contribution in [2.45, 2.75) is 13.5 Å². The standard InChI is InChI=1S/C12H12ClNS/c1-8-2-3-9(7-14)10(6-8)11-4-5-12(13)15-11/h2-6H,7,14H2,1H3. The van der Waals surface area contributed by atoms with E-state index in [9.17, 15) is 0 Å². The number of rotatable bonds is 2. The number of thiophene rings is 1. The van der Waals surface area contributed by atoms with Gasteiger partial charge in [-0.3, -0.25) is 0 Å². The number of nitrogens with two attached hydrogens (primary N) is 1. The molecule has 78 valence electrons. The van der Waals surface area contributed by atoms with Gasteiger partial charge >= 0.3 is 0 Å². The molecule has 1 aromatic heterocycles. The molecule has 0 aliphatic carbocycles. The maximum Gasteiger partial charge on any atom is 0.0934 e. The number of hydrogen-bond donors (Lipinski definition) is 1. The average molecular weight is 238 g/mol. The van der Waals surface area contributed by atoms with Gasteiger partial charge in [-0.2, -0.15) is 0 Å². The average Bonchev–Trinajstić information content (AvgIpc) is 2.65. The lowest BCUT2D eigenvalue weighted by molar-refractivity contribution is 1.07. The third-order valence-corrected chi connectivity index (χ3v) is 3.59. The van der Waals surface area contributed by atoms with Crippen LogP contribution in [0.25, 0.3) is 10.4 Å². The molecule has 0 amide bonds. The molecule has 3 heteroatoms. The van der Waals surface area contributed by atoms with Crippen molar-refractivity contribution < 1.29 is 0 Å². The highest BCUT2D eigenvalue weighted by atomic mass is 35.5. The summed E-state index contributed by atoms with van der Waals surface area (Å²) in [5, 5.41) is 0. The smallest absolute Gasteiger partial charge is 0.0934 e. The zero-order valence-electron chi connectivity index (χ0n) is 8.46. The second-order valence-electron chi connectivity index (χ2n) is 3.47. The third-order valence-electron chi connectivity index (χ3n) is 2.32. The van der Waals surface area contributed by atoms with Crippen molar-refractivity contribution in [1.82, 2.24) is 0 Å². The highest BCUT2D eigenvalue weighted by molar-refractivity contribution is 7.19. The molecule has 0 bridgehead atoms. The predicted octanol–water partition coefficient (Wildman–Crippen LogP) is 3.84. The molecular formula is C12H12ClNS. The first-order valence-corrected chi connectivity index (χ1v) is 5.95. The van der Waals surface area contributed by atoms with Gasteiger partial charge in [0.1, 0.15) is 0 Å². The van der Waals surface area contributed by atoms with Crippen LogP contribution in [0.4, 0.5) is 0 Å². The Morgan fingerprint density at radius 3 is 2.67 bits per heavy atom. The quantitative estimate of drug-likeness (QED) is 0.844. The van der Waals surface area contributed by atoms with E-state index in [1.54, 1.807) is 11.3 Å². The summed E-state index contributed by atoms with van der Waals surface area (Å²) in [5.74, 6) is 0. The Hall–Kier alpha value is -0.830. The number of aryl methyl sites for hydroxylation is 1. The fourth-order valence-electron chi connectivity index (χ4n) is 1.56. The molecule has 0 spiro atoms. The van der Waals surface area contributed by atoms with Gasteiger partial charge in [-0.15, -0.1) is 11.3 Å². The summed E-state index contributed by atoms with van der Waals surface area (Å²) in [7, 11) is 0. The van der Waals surface area contributed by atoms with Crippen molar-refractivity contribution in [3.05, 3.63) is 45.8 Å². The van der Waals surface area contributed by atoms with Crippen LogP contribution in [0.3, 0.4) is 0 Å². The fraction of sp³-hybridized carbons (Fsp3) is 0.167. The van der Waals surface area contributed by atoms with Gasteiger partial charge in [0.25, 0.3) is 0 Å². The lowest BCUT2D eigenvalue weighted by Gasteiger charge is -2.06. The minimum absolute atomic E-state index is 0.561. The normalized spacial score (nSPS) is 10.6. The van der Waals surface area contributed by atoms with E-state index >= 15 is 0 Å². The molecule has 0 fully saturated rings. The van der Waals surface area contributed by atoms with E-state index in [-0.39, 0.29) is 0 Å². The van der Waals surface area contributed by atoms with Gasteiger partial charge in [0, 0.05) is 11.4 Å². The van der Waals surface area contributed by atoms with Crippen LogP contribution in [0.5, 0.6) is 0 Å². The first kappa shape index (κ1) is 10.7. The van der Waals surface area contributed by atoms with Gasteiger partial charge in [-0.1, -0.05) is 35.4 Å². The van der Waals surface area contributed by atoms with E-state index in [1.165, 1.54) is 21.6 Å². The van der Waals surface area contributed by atoms with Crippen molar-refractivity contribution in [3.63, 3.8) is 0 Å². The molecule has 0 aliphatic rings. The highest BCUT2D eigenvalue weighted by Crippen LogP contribution is 2.33. The molecule has 1 nitrogen and oxygen atoms in total. The van der Waals surface area contributed by atoms with Crippen LogP contribution in [0.15, 0.2) is 30.3 Å². The second-order valence-corrected chi connectivity index (χ2v) is 5.18. The Bertz CT molecular complexity index is 476. The Labute approximate surface area is 98.5 Å². The molecule has 0 saturated carbocycles. The molecule has 1 heterocycles. The molecule has 0 radical (unpaired) electrons. The van der Waals surface area contributed by atoms with Gasteiger partial charge in [0.2, 0.25) is 0 Å². The third kappa shape index (κ3) is 2.23. The maximum atomic E-state index is 5.93. The van der Waals surface area contributed by atoms with Crippen molar-refractivity contribution in [2.75, 3.05) is 0 Å². The zero-order valence-corrected chi connectivity index (χ0v) is 10.0. The van der Waals surface area contributed by atoms with Gasteiger partial charge < -0.3 is 5.73 Å². The summed E-state index contributed by atoms with van der Waals surface area (Å²) in [6.45, 7) is 2.64. The largest absolute Gasteiger partial charge is 0.326 e. The monoisotopic (exact) mass is 237 g/mol. The summed E-state index contributed by atoms with van der Waals surface area (Å²) >= 11 is 7.52. The summed E-state index contributed by atoms with van der Waals surface area (Å²) < 4.78 is 0.814. The molecule has 2 N–H and O–H groups in total. The van der Waals surface area contributed by atoms with Crippen LogP contribution in [0, 0.1) is 6.92 Å². The molecule has 0 atom stereocenters. The minimum Gasteiger partial charge on any atom is -0.326 e. The van der Waals surface area contributed by atoms with Crippen LogP contribution in [-0.2, 0) is 6.54 Å². The number of halogens is 1. The lowest BCUT2D eigenvalue weighted by atomic mass is 10.0. The molecule has 0 aliphatic heterocycles. The van der Waals surface area contributed by atoms with Gasteiger partial charge in [-0.05, 0) is 30.2 Å². The van der Waals surface area contributed by atoms with Crippen molar-refractivity contribution in [1.29, 1.82) is 0 Å². The van der Waals surface area contributed by atoms with Crippen LogP contribution >= 0.6 is 22.9 Å². The SMILES string of the molecule is Cc1ccc(CN)c(-c2ccc(Cl)s2)c1. The Morgan fingerprint density at radius 1 is 1.27 bits per heavy atom. The van der Waals surface area contributed by atoms with E-state index in [1.807, 2.05) is 12.1 Å². The van der Waals surface area contributed by atoms with Gasteiger partial charge in [0.05, 0.1) is 4.34 Å². The second kappa shape index (κ2) is 4.35. The summed E-state index contributed by atoms with van der Waals surface area (Å²) in [6, 6.07) is 10.3. The number of benzene rings is 1. The van der Waals surface area contributed by atoms with E-state index in [4.69, 9.17) is 17.3 Å². The van der Waals surface area contributed by atoms with Crippen LogP contribution in [-0.4, -0.2) is 0 Å². The summed E-state index contributed by atoms with van der Waals surface area (Å²) in [5.41, 5.74) is 9.33. The molecule has 0 unspecified atom stereocenters. The molecule has 15 heavy (non-hydrogen) atoms. The Kier molecular flexibility index (Phi) is 3.10. The molecule has 1 aromatic carbocycles. The van der Waals surface area contributed by atoms with Crippen molar-refractivity contribution in [2.24, 2.45) is 5.73 Å². The van der Waals surface area contributed by atoms with Crippen molar-refractivity contribution >= 4 is 22.9 Å². The van der Waals surface area contributed by atoms with E-state index in [0.717, 1.165) is 4.34 Å². The van der Waals surface area contributed by atoms with Gasteiger partial charge in [0.15, 0.2) is 0 Å². The zero-order chi connectivity index (χ0) is 10.8. The Morgan fingerprint density at radius 2 is 2.07 bits per heavy atom. The van der Waals surface area contributed by atoms with E-state index in [0.29, 0.717) is 6.54 Å². The summed E-state index contributed by atoms with van der Waals surface area (Å²) in [6.07, 6.45) is 0. The maximum absolute atomic E-state index is 5.93. The summed E-state index contributed by atoms with van der Waals surface area (Å²) in [4.78, 5) is 1.18. The Balaban J connectivity index is 2.55. The van der Waals surface area contributed by atoms with Gasteiger partial charge in [-0.25, -0.2) is 0 Å². The first-order valence-electron chi connectivity index (χ1n) is 4.76. The van der Waals surface area contributed by atoms with E-state index in [2.05, 4.69) is 25.1 Å². The number of hydrogen-bond acceptors (Lipinski definition) is 2. The van der Waals surface area contributed by atoms with Crippen molar-refractivity contribution in [3.8, 4) is 10.4 Å². The molecule has 2 rings (SSSR count). The topological polar surface area (TPSA) is 26.0 Å². The van der Waals surface area contributed by atoms with Crippen LogP contribution in [0.1, 0.15) is 11.1 Å². The molecular weight excluding hydrogens is 226 g/mol.